The van der Waals surface area contributed by atoms with E-state index in [0.29, 0.717) is 11.1 Å². The molecular formula is C28H29FN2O7. The number of ketones is 2. The topological polar surface area (TPSA) is 161 Å². The van der Waals surface area contributed by atoms with E-state index in [9.17, 15) is 39.2 Å². The van der Waals surface area contributed by atoms with Gasteiger partial charge < -0.3 is 31.1 Å². The molecule has 0 saturated heterocycles. The van der Waals surface area contributed by atoms with Crippen molar-refractivity contribution in [1.82, 2.24) is 4.90 Å². The highest BCUT2D eigenvalue weighted by atomic mass is 19.1. The van der Waals surface area contributed by atoms with E-state index in [0.717, 1.165) is 0 Å². The standard InChI is InChI=1S/C28H29FN2O7/c1-11-14-8-9-15(12-4-6-13(29)7-5-12)22(32)18(14)23(33)19-16(11)10-17-21(31(2)3)24(34)20(27(30)37)26(36)28(17,38)25(19)35/h4-9,11,16-17,20-21,24,32,34-35,38H,10H2,1-3H3,(H2,30,37)/t11-,16+,17-,20?,21-,24?,28-/m0/s1. The Balaban J connectivity index is 1.71. The zero-order valence-corrected chi connectivity index (χ0v) is 21.1. The van der Waals surface area contributed by atoms with E-state index in [2.05, 4.69) is 0 Å². The van der Waals surface area contributed by atoms with Crippen LogP contribution in [0.4, 0.5) is 4.39 Å². The summed E-state index contributed by atoms with van der Waals surface area (Å²) in [6.45, 7) is 1.81. The molecule has 5 rings (SSSR count). The molecule has 0 bridgehead atoms. The molecule has 2 unspecified atom stereocenters. The van der Waals surface area contributed by atoms with Gasteiger partial charge in [-0.15, -0.1) is 0 Å². The zero-order valence-electron chi connectivity index (χ0n) is 21.1. The predicted molar refractivity (Wildman–Crippen MR) is 134 cm³/mol. The van der Waals surface area contributed by atoms with Crippen LogP contribution in [-0.4, -0.2) is 74.6 Å². The molecule has 2 aromatic rings. The number of aliphatic hydroxyl groups excluding tert-OH is 2. The lowest BCUT2D eigenvalue weighted by atomic mass is 9.54. The molecule has 10 heteroatoms. The first-order valence-electron chi connectivity index (χ1n) is 12.3. The lowest BCUT2D eigenvalue weighted by molar-refractivity contribution is -0.178. The number of amides is 1. The average molecular weight is 525 g/mol. The van der Waals surface area contributed by atoms with Crippen molar-refractivity contribution in [2.24, 2.45) is 23.5 Å². The zero-order chi connectivity index (χ0) is 27.8. The molecule has 1 amide bonds. The summed E-state index contributed by atoms with van der Waals surface area (Å²) >= 11 is 0. The molecule has 9 nitrogen and oxygen atoms in total. The van der Waals surface area contributed by atoms with Crippen LogP contribution < -0.4 is 5.73 Å². The molecular weight excluding hydrogens is 495 g/mol. The van der Waals surface area contributed by atoms with Gasteiger partial charge in [-0.05, 0) is 55.6 Å². The Labute approximate surface area is 218 Å². The monoisotopic (exact) mass is 524 g/mol. The van der Waals surface area contributed by atoms with Gasteiger partial charge in [0.15, 0.2) is 17.2 Å². The number of phenols is 1. The average Bonchev–Trinajstić information content (AvgIpc) is 2.84. The summed E-state index contributed by atoms with van der Waals surface area (Å²) in [5.41, 5.74) is 3.71. The van der Waals surface area contributed by atoms with Gasteiger partial charge in [0.2, 0.25) is 5.91 Å². The van der Waals surface area contributed by atoms with Crippen LogP contribution in [0.5, 0.6) is 5.75 Å². The SMILES string of the molecule is C[C@H]1c2ccc(-c3ccc(F)cc3)c(O)c2C(=O)C2=C(O)[C@]3(O)C(=O)C(C(N)=O)C(O)[C@@H](N(C)C)[C@@H]3C[C@@H]21. The van der Waals surface area contributed by atoms with Gasteiger partial charge in [-0.2, -0.15) is 0 Å². The Morgan fingerprint density at radius 2 is 1.74 bits per heavy atom. The lowest BCUT2D eigenvalue weighted by Crippen LogP contribution is -2.71. The van der Waals surface area contributed by atoms with Crippen molar-refractivity contribution < 1.29 is 39.2 Å². The fourth-order valence-electron chi connectivity index (χ4n) is 6.76. The smallest absolute Gasteiger partial charge is 0.230 e. The Hall–Kier alpha value is -3.60. The molecule has 3 aliphatic carbocycles. The Morgan fingerprint density at radius 1 is 1.11 bits per heavy atom. The predicted octanol–water partition coefficient (Wildman–Crippen LogP) is 1.65. The molecule has 1 fully saturated rings. The normalized spacial score (nSPS) is 32.6. The molecule has 3 aliphatic rings. The van der Waals surface area contributed by atoms with Gasteiger partial charge in [0.25, 0.3) is 0 Å². The largest absolute Gasteiger partial charge is 0.508 e. The van der Waals surface area contributed by atoms with Crippen LogP contribution in [0.2, 0.25) is 0 Å². The molecule has 0 spiro atoms. The summed E-state index contributed by atoms with van der Waals surface area (Å²) < 4.78 is 13.5. The fourth-order valence-corrected chi connectivity index (χ4v) is 6.76. The molecule has 38 heavy (non-hydrogen) atoms. The molecule has 200 valence electrons. The van der Waals surface area contributed by atoms with Crippen molar-refractivity contribution in [3.63, 3.8) is 0 Å². The highest BCUT2D eigenvalue weighted by molar-refractivity contribution is 6.16. The molecule has 0 aliphatic heterocycles. The minimum absolute atomic E-state index is 0.0415. The highest BCUT2D eigenvalue weighted by Crippen LogP contribution is 2.56. The number of hydrogen-bond donors (Lipinski definition) is 5. The molecule has 7 atom stereocenters. The Bertz CT molecular complexity index is 1400. The van der Waals surface area contributed by atoms with E-state index in [1.807, 2.05) is 6.92 Å². The van der Waals surface area contributed by atoms with E-state index in [1.54, 1.807) is 31.1 Å². The molecule has 2 aromatic carbocycles. The van der Waals surface area contributed by atoms with Crippen LogP contribution in [0.1, 0.15) is 35.2 Å². The second kappa shape index (κ2) is 8.72. The number of phenolic OH excluding ortho intramolecular Hbond substituents is 1. The Morgan fingerprint density at radius 3 is 2.32 bits per heavy atom. The van der Waals surface area contributed by atoms with E-state index < -0.39 is 70.5 Å². The number of rotatable bonds is 3. The van der Waals surface area contributed by atoms with E-state index in [1.165, 1.54) is 24.3 Å². The van der Waals surface area contributed by atoms with Gasteiger partial charge in [-0.1, -0.05) is 31.2 Å². The summed E-state index contributed by atoms with van der Waals surface area (Å²) in [5, 5.41) is 45.3. The van der Waals surface area contributed by atoms with Crippen LogP contribution in [0, 0.1) is 23.6 Å². The minimum atomic E-state index is -2.64. The van der Waals surface area contributed by atoms with Gasteiger partial charge >= 0.3 is 0 Å². The first-order valence-corrected chi connectivity index (χ1v) is 12.3. The van der Waals surface area contributed by atoms with Gasteiger partial charge in [0, 0.05) is 23.1 Å². The van der Waals surface area contributed by atoms with Gasteiger partial charge in [-0.3, -0.25) is 14.4 Å². The van der Waals surface area contributed by atoms with Gasteiger partial charge in [-0.25, -0.2) is 4.39 Å². The number of aromatic hydroxyl groups is 1. The summed E-state index contributed by atoms with van der Waals surface area (Å²) in [6, 6.07) is 7.75. The number of carbonyl (C=O) groups excluding carboxylic acids is 3. The number of hydrogen-bond acceptors (Lipinski definition) is 8. The van der Waals surface area contributed by atoms with Crippen molar-refractivity contribution in [1.29, 1.82) is 0 Å². The molecule has 6 N–H and O–H groups in total. The third-order valence-corrected chi connectivity index (χ3v) is 8.63. The summed E-state index contributed by atoms with van der Waals surface area (Å²) in [7, 11) is 3.22. The molecule has 0 radical (unpaired) electrons. The van der Waals surface area contributed by atoms with E-state index in [4.69, 9.17) is 5.73 Å². The maximum atomic E-state index is 13.9. The highest BCUT2D eigenvalue weighted by Gasteiger charge is 2.66. The Kier molecular flexibility index (Phi) is 5.97. The number of halogens is 1. The van der Waals surface area contributed by atoms with Crippen LogP contribution >= 0.6 is 0 Å². The number of carbonyl (C=O) groups is 3. The van der Waals surface area contributed by atoms with Crippen molar-refractivity contribution in [2.45, 2.75) is 37.0 Å². The van der Waals surface area contributed by atoms with E-state index >= 15 is 0 Å². The van der Waals surface area contributed by atoms with Crippen LogP contribution in [0.3, 0.4) is 0 Å². The maximum absolute atomic E-state index is 13.9. The van der Waals surface area contributed by atoms with Crippen molar-refractivity contribution in [3.8, 4) is 16.9 Å². The van der Waals surface area contributed by atoms with Crippen molar-refractivity contribution >= 4 is 17.5 Å². The molecule has 0 aromatic heterocycles. The number of primary amides is 1. The number of aliphatic hydroxyl groups is 3. The van der Waals surface area contributed by atoms with Gasteiger partial charge in [0.05, 0.1) is 11.7 Å². The lowest BCUT2D eigenvalue weighted by Gasteiger charge is -2.54. The third-order valence-electron chi connectivity index (χ3n) is 8.63. The van der Waals surface area contributed by atoms with Crippen LogP contribution in [0.15, 0.2) is 47.7 Å². The van der Waals surface area contributed by atoms with E-state index in [-0.39, 0.29) is 28.9 Å². The summed E-state index contributed by atoms with van der Waals surface area (Å²) in [4.78, 5) is 41.0. The molecule has 0 heterocycles. The number of likely N-dealkylation sites (N-methyl/N-ethyl adjacent to an activating group) is 1. The number of fused-ring (bicyclic) bond motifs is 3. The second-order valence-corrected chi connectivity index (χ2v) is 10.7. The minimum Gasteiger partial charge on any atom is -0.508 e. The number of nitrogens with zero attached hydrogens (tertiary/aromatic N) is 1. The summed E-state index contributed by atoms with van der Waals surface area (Å²) in [6.07, 6.45) is -1.49. The fraction of sp³-hybridized carbons (Fsp3) is 0.393. The number of benzene rings is 2. The van der Waals surface area contributed by atoms with Crippen molar-refractivity contribution in [2.75, 3.05) is 14.1 Å². The van der Waals surface area contributed by atoms with Crippen LogP contribution in [-0.2, 0) is 9.59 Å². The number of nitrogens with two attached hydrogens (primary N) is 1. The molecule has 1 saturated carbocycles. The quantitative estimate of drug-likeness (QED) is 0.379. The summed E-state index contributed by atoms with van der Waals surface area (Å²) in [5.74, 6) is -8.73. The van der Waals surface area contributed by atoms with Gasteiger partial charge in [0.1, 0.15) is 23.2 Å². The van der Waals surface area contributed by atoms with Crippen LogP contribution in [0.25, 0.3) is 11.1 Å². The first-order chi connectivity index (χ1) is 17.8. The maximum Gasteiger partial charge on any atom is 0.230 e. The van der Waals surface area contributed by atoms with Crippen molar-refractivity contribution in [3.05, 3.63) is 64.7 Å². The second-order valence-electron chi connectivity index (χ2n) is 10.7. The third kappa shape index (κ3) is 3.37. The first kappa shape index (κ1) is 26.0. The number of Topliss-reactive ketones (excluding diaryl/α,β-unsaturated/α-hetero) is 2. The number of allylic oxidation sites excluding steroid dienone is 1.